The molecule has 1 aromatic carbocycles. The van der Waals surface area contributed by atoms with Gasteiger partial charge in [-0.05, 0) is 24.6 Å². The maximum absolute atomic E-state index is 12.0. The van der Waals surface area contributed by atoms with E-state index in [9.17, 15) is 4.79 Å². The molecule has 3 rings (SSSR count). The Morgan fingerprint density at radius 3 is 3.00 bits per heavy atom. The molecular weight excluding hydrogens is 356 g/mol. The van der Waals surface area contributed by atoms with Crippen LogP contribution >= 0.6 is 22.9 Å². The number of nitrogens with one attached hydrogen (secondary N) is 1. The third kappa shape index (κ3) is 4.41. The van der Waals surface area contributed by atoms with Crippen LogP contribution in [0.15, 0.2) is 48.0 Å². The van der Waals surface area contributed by atoms with Gasteiger partial charge in [-0.25, -0.2) is 4.98 Å². The highest BCUT2D eigenvalue weighted by molar-refractivity contribution is 7.15. The zero-order valence-corrected chi connectivity index (χ0v) is 15.4. The minimum atomic E-state index is -0.136. The lowest BCUT2D eigenvalue weighted by Crippen LogP contribution is -2.26. The van der Waals surface area contributed by atoms with Crippen molar-refractivity contribution in [2.45, 2.75) is 6.42 Å². The normalized spacial score (nSPS) is 11.3. The van der Waals surface area contributed by atoms with E-state index in [1.54, 1.807) is 6.08 Å². The topological polar surface area (TPSA) is 49.6 Å². The number of halogens is 1. The van der Waals surface area contributed by atoms with E-state index < -0.39 is 0 Å². The molecule has 1 N–H and O–H groups in total. The van der Waals surface area contributed by atoms with Gasteiger partial charge in [0.2, 0.25) is 5.91 Å². The average molecular weight is 375 g/mol. The van der Waals surface area contributed by atoms with Crippen LogP contribution in [-0.2, 0) is 4.79 Å². The number of para-hydroxylation sites is 1. The highest BCUT2D eigenvalue weighted by atomic mass is 35.5. The highest BCUT2D eigenvalue weighted by Gasteiger charge is 2.08. The number of benzene rings is 1. The molecule has 0 aliphatic rings. The van der Waals surface area contributed by atoms with Crippen molar-refractivity contribution < 1.29 is 4.79 Å². The second-order valence-corrected chi connectivity index (χ2v) is 6.81. The van der Waals surface area contributed by atoms with Crippen LogP contribution in [-0.4, -0.2) is 35.4 Å². The Bertz CT molecular complexity index is 872. The molecule has 1 amide bonds. The Balaban J connectivity index is 1.45. The summed E-state index contributed by atoms with van der Waals surface area (Å²) in [5, 5.41) is 5.22. The molecule has 2 aromatic heterocycles. The largest absolute Gasteiger partial charge is 0.375 e. The second-order valence-electron chi connectivity index (χ2n) is 5.58. The lowest BCUT2D eigenvalue weighted by molar-refractivity contribution is -0.116. The maximum Gasteiger partial charge on any atom is 0.244 e. The Morgan fingerprint density at radius 1 is 1.40 bits per heavy atom. The quantitative estimate of drug-likeness (QED) is 0.506. The first-order valence-electron chi connectivity index (χ1n) is 7.98. The van der Waals surface area contributed by atoms with Crippen molar-refractivity contribution in [1.82, 2.24) is 14.7 Å². The number of thiazole rings is 1. The van der Waals surface area contributed by atoms with Crippen LogP contribution in [0, 0.1) is 0 Å². The van der Waals surface area contributed by atoms with Gasteiger partial charge >= 0.3 is 0 Å². The average Bonchev–Trinajstić information content (AvgIpc) is 3.18. The number of imidazole rings is 1. The van der Waals surface area contributed by atoms with Crippen molar-refractivity contribution in [2.75, 3.05) is 25.0 Å². The molecule has 0 unspecified atom stereocenters. The first kappa shape index (κ1) is 17.5. The van der Waals surface area contributed by atoms with Crippen molar-refractivity contribution in [3.05, 3.63) is 58.8 Å². The van der Waals surface area contributed by atoms with Gasteiger partial charge in [0, 0.05) is 43.5 Å². The molecule has 0 aliphatic heterocycles. The molecule has 3 aromatic rings. The molecule has 0 spiro atoms. The van der Waals surface area contributed by atoms with Crippen LogP contribution in [0.3, 0.4) is 0 Å². The third-order valence-corrected chi connectivity index (χ3v) is 4.85. The van der Waals surface area contributed by atoms with Gasteiger partial charge in [-0.2, -0.15) is 0 Å². The molecule has 7 heteroatoms. The van der Waals surface area contributed by atoms with E-state index in [4.69, 9.17) is 11.6 Å². The van der Waals surface area contributed by atoms with Crippen LogP contribution in [0.25, 0.3) is 11.0 Å². The predicted molar refractivity (Wildman–Crippen MR) is 104 cm³/mol. The molecule has 0 radical (unpaired) electrons. The number of carbonyl (C=O) groups excluding carboxylic acids is 1. The smallest absolute Gasteiger partial charge is 0.244 e. The minimum Gasteiger partial charge on any atom is -0.375 e. The van der Waals surface area contributed by atoms with Crippen molar-refractivity contribution in [2.24, 2.45) is 0 Å². The lowest BCUT2D eigenvalue weighted by Gasteiger charge is -2.18. The van der Waals surface area contributed by atoms with Crippen LogP contribution in [0.4, 0.5) is 5.69 Å². The van der Waals surface area contributed by atoms with E-state index in [1.165, 1.54) is 23.1 Å². The predicted octanol–water partition coefficient (Wildman–Crippen LogP) is 3.71. The zero-order valence-electron chi connectivity index (χ0n) is 13.9. The van der Waals surface area contributed by atoms with Crippen LogP contribution in [0.5, 0.6) is 0 Å². The molecule has 0 fully saturated rings. The standard InChI is InChI=1S/C18H19ClN4OS/c1-22(14-6-3-2-4-7-14)11-5-10-20-16(24)9-8-15-17(19)21-18-23(15)12-13-25-18/h2-4,6-9,12-13H,5,10-11H2,1H3,(H,20,24)/b9-8+. The molecule has 2 heterocycles. The highest BCUT2D eigenvalue weighted by Crippen LogP contribution is 2.22. The molecular formula is C18H19ClN4OS. The molecule has 25 heavy (non-hydrogen) atoms. The summed E-state index contributed by atoms with van der Waals surface area (Å²) in [6.07, 6.45) is 5.94. The fourth-order valence-electron chi connectivity index (χ4n) is 2.48. The van der Waals surface area contributed by atoms with E-state index in [0.717, 1.165) is 23.6 Å². The van der Waals surface area contributed by atoms with E-state index in [1.807, 2.05) is 41.2 Å². The van der Waals surface area contributed by atoms with Gasteiger partial charge in [0.1, 0.15) is 0 Å². The fourth-order valence-corrected chi connectivity index (χ4v) is 3.48. The first-order chi connectivity index (χ1) is 12.1. The molecule has 0 saturated heterocycles. The van der Waals surface area contributed by atoms with Crippen molar-refractivity contribution in [1.29, 1.82) is 0 Å². The number of amides is 1. The Kier molecular flexibility index (Phi) is 5.73. The Hall–Kier alpha value is -2.31. The van der Waals surface area contributed by atoms with E-state index in [0.29, 0.717) is 11.7 Å². The number of nitrogens with zero attached hydrogens (tertiary/aromatic N) is 3. The number of aromatic nitrogens is 2. The van der Waals surface area contributed by atoms with Gasteiger partial charge in [-0.3, -0.25) is 9.20 Å². The molecule has 130 valence electrons. The number of hydrogen-bond acceptors (Lipinski definition) is 4. The molecule has 0 atom stereocenters. The zero-order chi connectivity index (χ0) is 17.6. The summed E-state index contributed by atoms with van der Waals surface area (Å²) < 4.78 is 1.87. The summed E-state index contributed by atoms with van der Waals surface area (Å²) in [5.41, 5.74) is 1.89. The van der Waals surface area contributed by atoms with Gasteiger partial charge in [0.25, 0.3) is 0 Å². The molecule has 5 nitrogen and oxygen atoms in total. The van der Waals surface area contributed by atoms with Crippen LogP contribution in [0.1, 0.15) is 12.1 Å². The summed E-state index contributed by atoms with van der Waals surface area (Å²) in [7, 11) is 2.05. The maximum atomic E-state index is 12.0. The third-order valence-electron chi connectivity index (χ3n) is 3.81. The number of hydrogen-bond donors (Lipinski definition) is 1. The first-order valence-corrected chi connectivity index (χ1v) is 9.24. The number of carbonyl (C=O) groups is 1. The molecule has 0 saturated carbocycles. The monoisotopic (exact) mass is 374 g/mol. The van der Waals surface area contributed by atoms with Gasteiger partial charge in [-0.1, -0.05) is 29.8 Å². The van der Waals surface area contributed by atoms with E-state index >= 15 is 0 Å². The number of anilines is 1. The summed E-state index contributed by atoms with van der Waals surface area (Å²) >= 11 is 7.60. The van der Waals surface area contributed by atoms with E-state index in [2.05, 4.69) is 27.3 Å². The van der Waals surface area contributed by atoms with Crippen molar-refractivity contribution >= 4 is 45.6 Å². The molecule has 0 bridgehead atoms. The number of rotatable bonds is 7. The minimum absolute atomic E-state index is 0.136. The second kappa shape index (κ2) is 8.18. The Labute approximate surface area is 155 Å². The fraction of sp³-hybridized carbons (Fsp3) is 0.222. The van der Waals surface area contributed by atoms with Gasteiger partial charge in [0.15, 0.2) is 10.1 Å². The molecule has 0 aliphatic carbocycles. The number of fused-ring (bicyclic) bond motifs is 1. The van der Waals surface area contributed by atoms with Gasteiger partial charge in [0.05, 0.1) is 5.69 Å². The SMILES string of the molecule is CN(CCCNC(=O)/C=C/c1c(Cl)nc2sccn12)c1ccccc1. The summed E-state index contributed by atoms with van der Waals surface area (Å²) in [6.45, 7) is 1.49. The summed E-state index contributed by atoms with van der Waals surface area (Å²) in [4.78, 5) is 19.2. The summed E-state index contributed by atoms with van der Waals surface area (Å²) in [5.74, 6) is -0.136. The van der Waals surface area contributed by atoms with Gasteiger partial charge in [-0.15, -0.1) is 11.3 Å². The van der Waals surface area contributed by atoms with Crippen LogP contribution in [0.2, 0.25) is 5.15 Å². The van der Waals surface area contributed by atoms with E-state index in [-0.39, 0.29) is 5.91 Å². The Morgan fingerprint density at radius 2 is 2.20 bits per heavy atom. The van der Waals surface area contributed by atoms with Crippen molar-refractivity contribution in [3.63, 3.8) is 0 Å². The van der Waals surface area contributed by atoms with Crippen molar-refractivity contribution in [3.8, 4) is 0 Å². The summed E-state index contributed by atoms with van der Waals surface area (Å²) in [6, 6.07) is 10.2. The van der Waals surface area contributed by atoms with Crippen LogP contribution < -0.4 is 10.2 Å². The van der Waals surface area contributed by atoms with Gasteiger partial charge < -0.3 is 10.2 Å². The lowest BCUT2D eigenvalue weighted by atomic mass is 10.3.